The summed E-state index contributed by atoms with van der Waals surface area (Å²) in [6.07, 6.45) is 0.524. The molecular formula is C38H44N4O8. The molecule has 3 aromatic carbocycles. The standard InChI is InChI=1S/C38H44N4O8/c1-38(2,3)50-37(47)42-30-20-11-9-17-27(30)23-32(42)34(44)41-29-19-10-8-16-26(29)22-31(41)33(43)40-28(35(45)48-4)18-12-13-21-39-36(46)49-24-25-14-6-5-7-15-25/h5-11,14-17,19-20,28,31-32H,12-13,18,21-24H2,1-4H3,(H,39,46)(H,40,43)/t28-,31?,32?/m0/s1. The van der Waals surface area contributed by atoms with Crippen LogP contribution in [0.1, 0.15) is 56.7 Å². The van der Waals surface area contributed by atoms with Gasteiger partial charge in [0.05, 0.1) is 12.8 Å². The predicted molar refractivity (Wildman–Crippen MR) is 186 cm³/mol. The summed E-state index contributed by atoms with van der Waals surface area (Å²) in [5, 5.41) is 5.51. The maximum absolute atomic E-state index is 14.5. The highest BCUT2D eigenvalue weighted by Gasteiger charge is 2.47. The van der Waals surface area contributed by atoms with Gasteiger partial charge in [0, 0.05) is 25.1 Å². The number of nitrogens with one attached hydrogen (secondary N) is 2. The Morgan fingerprint density at radius 3 is 2.04 bits per heavy atom. The SMILES string of the molecule is COC(=O)[C@H](CCCCNC(=O)OCc1ccccc1)NC(=O)C1Cc2ccccc2N1C(=O)C1Cc2ccccc2N1C(=O)OC(C)(C)C. The smallest absolute Gasteiger partial charge is 0.415 e. The van der Waals surface area contributed by atoms with Crippen molar-refractivity contribution in [3.05, 3.63) is 95.6 Å². The van der Waals surface area contributed by atoms with Gasteiger partial charge < -0.3 is 24.8 Å². The fraction of sp³-hybridized carbons (Fsp3) is 0.395. The van der Waals surface area contributed by atoms with Gasteiger partial charge in [-0.2, -0.15) is 0 Å². The molecule has 2 heterocycles. The summed E-state index contributed by atoms with van der Waals surface area (Å²) in [5.41, 5.74) is 2.83. The van der Waals surface area contributed by atoms with Crippen LogP contribution in [0.3, 0.4) is 0 Å². The van der Waals surface area contributed by atoms with Crippen LogP contribution in [0.2, 0.25) is 0 Å². The summed E-state index contributed by atoms with van der Waals surface area (Å²) >= 11 is 0. The third-order valence-electron chi connectivity index (χ3n) is 8.57. The van der Waals surface area contributed by atoms with E-state index in [1.807, 2.05) is 54.6 Å². The van der Waals surface area contributed by atoms with Crippen LogP contribution in [0.25, 0.3) is 0 Å². The van der Waals surface area contributed by atoms with Crippen molar-refractivity contribution in [2.45, 2.75) is 83.2 Å². The fourth-order valence-corrected chi connectivity index (χ4v) is 6.25. The average Bonchev–Trinajstić information content (AvgIpc) is 3.69. The molecule has 2 aliphatic heterocycles. The molecule has 0 fully saturated rings. The van der Waals surface area contributed by atoms with E-state index in [0.29, 0.717) is 30.8 Å². The molecule has 12 nitrogen and oxygen atoms in total. The van der Waals surface area contributed by atoms with Gasteiger partial charge in [-0.3, -0.25) is 19.4 Å². The number of fused-ring (bicyclic) bond motifs is 2. The maximum Gasteiger partial charge on any atom is 0.415 e. The maximum atomic E-state index is 14.5. The summed E-state index contributed by atoms with van der Waals surface area (Å²) in [7, 11) is 1.25. The number of unbranched alkanes of at least 4 members (excludes halogenated alkanes) is 1. The summed E-state index contributed by atoms with van der Waals surface area (Å²) in [5.74, 6) is -1.58. The molecule has 2 unspecified atom stereocenters. The molecule has 3 aromatic rings. The van der Waals surface area contributed by atoms with Gasteiger partial charge in [0.15, 0.2) is 0 Å². The van der Waals surface area contributed by atoms with E-state index in [-0.39, 0.29) is 25.9 Å². The normalized spacial score (nSPS) is 16.9. The highest BCUT2D eigenvalue weighted by atomic mass is 16.6. The Kier molecular flexibility index (Phi) is 11.4. The summed E-state index contributed by atoms with van der Waals surface area (Å²) in [6, 6.07) is 21.0. The molecule has 0 saturated carbocycles. The lowest BCUT2D eigenvalue weighted by Crippen LogP contribution is -2.57. The van der Waals surface area contributed by atoms with E-state index in [1.165, 1.54) is 16.9 Å². The highest BCUT2D eigenvalue weighted by Crippen LogP contribution is 2.38. The van der Waals surface area contributed by atoms with Crippen molar-refractivity contribution in [3.8, 4) is 0 Å². The number of rotatable bonds is 11. The molecule has 5 rings (SSSR count). The highest BCUT2D eigenvalue weighted by molar-refractivity contribution is 6.11. The minimum Gasteiger partial charge on any atom is -0.467 e. The fourth-order valence-electron chi connectivity index (χ4n) is 6.25. The number of benzene rings is 3. The molecule has 3 atom stereocenters. The van der Waals surface area contributed by atoms with Gasteiger partial charge in [0.25, 0.3) is 5.91 Å². The number of ether oxygens (including phenoxy) is 3. The zero-order valence-electron chi connectivity index (χ0n) is 28.8. The first-order valence-corrected chi connectivity index (χ1v) is 16.8. The molecule has 0 bridgehead atoms. The number of amides is 4. The number of hydrogen-bond acceptors (Lipinski definition) is 8. The van der Waals surface area contributed by atoms with E-state index >= 15 is 0 Å². The van der Waals surface area contributed by atoms with Crippen molar-refractivity contribution in [1.82, 2.24) is 10.6 Å². The van der Waals surface area contributed by atoms with Crippen LogP contribution in [0, 0.1) is 0 Å². The number of carbonyl (C=O) groups is 5. The van der Waals surface area contributed by atoms with Crippen LogP contribution in [0.4, 0.5) is 21.0 Å². The van der Waals surface area contributed by atoms with Gasteiger partial charge in [-0.05, 0) is 68.9 Å². The van der Waals surface area contributed by atoms with Crippen LogP contribution < -0.4 is 20.4 Å². The van der Waals surface area contributed by atoms with Crippen molar-refractivity contribution in [2.24, 2.45) is 0 Å². The van der Waals surface area contributed by atoms with Gasteiger partial charge in [-0.25, -0.2) is 14.4 Å². The molecule has 0 aromatic heterocycles. The molecule has 0 saturated heterocycles. The van der Waals surface area contributed by atoms with E-state index in [1.54, 1.807) is 45.0 Å². The Hall–Kier alpha value is -5.39. The zero-order valence-corrected chi connectivity index (χ0v) is 28.8. The topological polar surface area (TPSA) is 144 Å². The number of methoxy groups -OCH3 is 1. The Balaban J connectivity index is 1.25. The Labute approximate surface area is 292 Å². The van der Waals surface area contributed by atoms with Crippen molar-refractivity contribution in [3.63, 3.8) is 0 Å². The molecule has 12 heteroatoms. The molecule has 0 spiro atoms. The van der Waals surface area contributed by atoms with Crippen molar-refractivity contribution in [2.75, 3.05) is 23.5 Å². The van der Waals surface area contributed by atoms with Crippen molar-refractivity contribution >= 4 is 41.3 Å². The third-order valence-corrected chi connectivity index (χ3v) is 8.57. The van der Waals surface area contributed by atoms with E-state index in [9.17, 15) is 24.0 Å². The predicted octanol–water partition coefficient (Wildman–Crippen LogP) is 5.07. The van der Waals surface area contributed by atoms with E-state index < -0.39 is 53.7 Å². The second-order valence-corrected chi connectivity index (χ2v) is 13.3. The van der Waals surface area contributed by atoms with Crippen LogP contribution in [-0.2, 0) is 48.0 Å². The Morgan fingerprint density at radius 2 is 1.40 bits per heavy atom. The summed E-state index contributed by atoms with van der Waals surface area (Å²) in [6.45, 7) is 5.75. The lowest BCUT2D eigenvalue weighted by Gasteiger charge is -2.33. The number of hydrogen-bond donors (Lipinski definition) is 2. The average molecular weight is 685 g/mol. The molecule has 0 radical (unpaired) electrons. The molecule has 0 aliphatic carbocycles. The van der Waals surface area contributed by atoms with Crippen LogP contribution in [0.15, 0.2) is 78.9 Å². The second kappa shape index (κ2) is 15.9. The van der Waals surface area contributed by atoms with Gasteiger partial charge in [0.2, 0.25) is 5.91 Å². The molecular weight excluding hydrogens is 640 g/mol. The van der Waals surface area contributed by atoms with E-state index in [0.717, 1.165) is 16.7 Å². The number of nitrogens with zero attached hydrogens (tertiary/aromatic N) is 2. The van der Waals surface area contributed by atoms with Crippen molar-refractivity contribution in [1.29, 1.82) is 0 Å². The molecule has 4 amide bonds. The number of alkyl carbamates (subject to hydrolysis) is 1. The third kappa shape index (κ3) is 8.60. The lowest BCUT2D eigenvalue weighted by atomic mass is 10.1. The molecule has 50 heavy (non-hydrogen) atoms. The minimum atomic E-state index is -0.979. The van der Waals surface area contributed by atoms with Gasteiger partial charge >= 0.3 is 18.2 Å². The second-order valence-electron chi connectivity index (χ2n) is 13.3. The zero-order chi connectivity index (χ0) is 35.8. The van der Waals surface area contributed by atoms with Crippen molar-refractivity contribution < 1.29 is 38.2 Å². The first-order chi connectivity index (χ1) is 24.0. The minimum absolute atomic E-state index is 0.153. The summed E-state index contributed by atoms with van der Waals surface area (Å²) in [4.78, 5) is 69.7. The Bertz CT molecular complexity index is 1710. The number of carbonyl (C=O) groups excluding carboxylic acids is 5. The number of esters is 1. The first kappa shape index (κ1) is 35.9. The number of anilines is 2. The monoisotopic (exact) mass is 684 g/mol. The largest absolute Gasteiger partial charge is 0.467 e. The molecule has 264 valence electrons. The number of para-hydroxylation sites is 2. The van der Waals surface area contributed by atoms with E-state index in [4.69, 9.17) is 14.2 Å². The lowest BCUT2D eigenvalue weighted by molar-refractivity contribution is -0.145. The van der Waals surface area contributed by atoms with Crippen LogP contribution >= 0.6 is 0 Å². The van der Waals surface area contributed by atoms with Gasteiger partial charge in [0.1, 0.15) is 30.3 Å². The Morgan fingerprint density at radius 1 is 0.800 bits per heavy atom. The van der Waals surface area contributed by atoms with E-state index in [2.05, 4.69) is 10.6 Å². The molecule has 2 N–H and O–H groups in total. The van der Waals surface area contributed by atoms with Gasteiger partial charge in [-0.15, -0.1) is 0 Å². The molecule has 2 aliphatic rings. The van der Waals surface area contributed by atoms with Crippen LogP contribution in [-0.4, -0.2) is 67.4 Å². The quantitative estimate of drug-likeness (QED) is 0.162. The van der Waals surface area contributed by atoms with Gasteiger partial charge in [-0.1, -0.05) is 66.7 Å². The first-order valence-electron chi connectivity index (χ1n) is 16.8. The van der Waals surface area contributed by atoms with Crippen LogP contribution in [0.5, 0.6) is 0 Å². The summed E-state index contributed by atoms with van der Waals surface area (Å²) < 4.78 is 15.9.